The first-order valence-electron chi connectivity index (χ1n) is 8.88. The highest BCUT2D eigenvalue weighted by atomic mass is 32.2. The summed E-state index contributed by atoms with van der Waals surface area (Å²) >= 11 is 0. The van der Waals surface area contributed by atoms with Crippen LogP contribution in [0.25, 0.3) is 0 Å². The summed E-state index contributed by atoms with van der Waals surface area (Å²) in [5.74, 6) is -0.0182. The highest BCUT2D eigenvalue weighted by Gasteiger charge is 2.29. The van der Waals surface area contributed by atoms with Gasteiger partial charge in [0.25, 0.3) is 0 Å². The summed E-state index contributed by atoms with van der Waals surface area (Å²) < 4.78 is 28.6. The van der Waals surface area contributed by atoms with Crippen molar-refractivity contribution < 1.29 is 13.2 Å². The number of hydrogen-bond donors (Lipinski definition) is 1. The highest BCUT2D eigenvalue weighted by molar-refractivity contribution is 7.89. The topological polar surface area (TPSA) is 66.5 Å². The van der Waals surface area contributed by atoms with Crippen LogP contribution in [0.4, 0.5) is 5.69 Å². The van der Waals surface area contributed by atoms with E-state index in [1.807, 2.05) is 19.1 Å². The Morgan fingerprint density at radius 2 is 1.92 bits per heavy atom. The maximum absolute atomic E-state index is 12.9. The van der Waals surface area contributed by atoms with Crippen LogP contribution < -0.4 is 9.62 Å². The van der Waals surface area contributed by atoms with Gasteiger partial charge in [0.15, 0.2) is 0 Å². The third-order valence-electron chi connectivity index (χ3n) is 5.31. The molecule has 0 aromatic heterocycles. The fourth-order valence-electron chi connectivity index (χ4n) is 4.00. The number of nitrogens with zero attached hydrogens (tertiary/aromatic N) is 1. The first kappa shape index (κ1) is 17.2. The summed E-state index contributed by atoms with van der Waals surface area (Å²) in [6.07, 6.45) is 2.35. The zero-order valence-electron chi connectivity index (χ0n) is 15.0. The Bertz CT molecular complexity index is 998. The average molecular weight is 370 g/mol. The Hall–Kier alpha value is -2.18. The molecule has 0 spiro atoms. The SMILES string of the molecule is CC(=O)N1CCc2cc(S(=O)(=O)NC3CCc4cc(C)ccc43)ccc21. The van der Waals surface area contributed by atoms with E-state index < -0.39 is 10.0 Å². The van der Waals surface area contributed by atoms with Gasteiger partial charge in [0.05, 0.1) is 4.90 Å². The van der Waals surface area contributed by atoms with Gasteiger partial charge in [-0.05, 0) is 61.1 Å². The molecule has 0 bridgehead atoms. The summed E-state index contributed by atoms with van der Waals surface area (Å²) in [6.45, 7) is 4.18. The lowest BCUT2D eigenvalue weighted by Crippen LogP contribution is -2.27. The van der Waals surface area contributed by atoms with Crippen molar-refractivity contribution in [3.05, 3.63) is 58.7 Å². The van der Waals surface area contributed by atoms with Crippen LogP contribution in [-0.2, 0) is 27.7 Å². The molecule has 2 aliphatic rings. The number of rotatable bonds is 3. The Morgan fingerprint density at radius 1 is 1.12 bits per heavy atom. The largest absolute Gasteiger partial charge is 0.312 e. The molecule has 1 aliphatic heterocycles. The molecule has 0 saturated heterocycles. The van der Waals surface area contributed by atoms with Crippen molar-refractivity contribution >= 4 is 21.6 Å². The molecule has 0 radical (unpaired) electrons. The van der Waals surface area contributed by atoms with Crippen molar-refractivity contribution in [1.29, 1.82) is 0 Å². The van der Waals surface area contributed by atoms with Crippen LogP contribution in [0.2, 0.25) is 0 Å². The number of carbonyl (C=O) groups excluding carboxylic acids is 1. The fraction of sp³-hybridized carbons (Fsp3) is 0.350. The summed E-state index contributed by atoms with van der Waals surface area (Å²) in [5, 5.41) is 0. The Labute approximate surface area is 154 Å². The van der Waals surface area contributed by atoms with Crippen molar-refractivity contribution in [2.45, 2.75) is 44.0 Å². The van der Waals surface area contributed by atoms with Crippen LogP contribution in [0.3, 0.4) is 0 Å². The molecule has 6 heteroatoms. The Balaban J connectivity index is 1.60. The zero-order chi connectivity index (χ0) is 18.5. The van der Waals surface area contributed by atoms with Gasteiger partial charge in [-0.1, -0.05) is 23.8 Å². The first-order valence-corrected chi connectivity index (χ1v) is 10.4. The molecule has 1 atom stereocenters. The fourth-order valence-corrected chi connectivity index (χ4v) is 5.30. The van der Waals surface area contributed by atoms with Crippen molar-refractivity contribution in [3.63, 3.8) is 0 Å². The lowest BCUT2D eigenvalue weighted by Gasteiger charge is -2.17. The van der Waals surface area contributed by atoms with E-state index in [1.165, 1.54) is 18.1 Å². The number of hydrogen-bond acceptors (Lipinski definition) is 3. The molecule has 2 aromatic carbocycles. The third-order valence-corrected chi connectivity index (χ3v) is 6.78. The Morgan fingerprint density at radius 3 is 2.69 bits per heavy atom. The minimum Gasteiger partial charge on any atom is -0.312 e. The smallest absolute Gasteiger partial charge is 0.241 e. The van der Waals surface area contributed by atoms with Crippen molar-refractivity contribution in [1.82, 2.24) is 4.72 Å². The van der Waals surface area contributed by atoms with E-state index in [0.717, 1.165) is 29.7 Å². The van der Waals surface area contributed by atoms with Crippen molar-refractivity contribution in [3.8, 4) is 0 Å². The number of aryl methyl sites for hydroxylation is 2. The number of anilines is 1. The number of benzene rings is 2. The molecule has 4 rings (SSSR count). The van der Waals surface area contributed by atoms with E-state index in [-0.39, 0.29) is 16.8 Å². The van der Waals surface area contributed by atoms with E-state index in [2.05, 4.69) is 10.8 Å². The van der Waals surface area contributed by atoms with Crippen LogP contribution in [0.5, 0.6) is 0 Å². The van der Waals surface area contributed by atoms with Crippen LogP contribution in [0.15, 0.2) is 41.3 Å². The van der Waals surface area contributed by atoms with Gasteiger partial charge in [-0.15, -0.1) is 0 Å². The molecule has 1 amide bonds. The molecule has 0 saturated carbocycles. The molecule has 5 nitrogen and oxygen atoms in total. The maximum Gasteiger partial charge on any atom is 0.241 e. The van der Waals surface area contributed by atoms with Crippen LogP contribution in [0.1, 0.15) is 41.6 Å². The normalized spacial score (nSPS) is 18.7. The standard InChI is InChI=1S/C20H22N2O3S/c1-13-3-6-18-15(11-13)4-7-19(18)21-26(24,25)17-5-8-20-16(12-17)9-10-22(20)14(2)23/h3,5-6,8,11-12,19,21H,4,7,9-10H2,1-2H3. The lowest BCUT2D eigenvalue weighted by molar-refractivity contribution is -0.116. The number of sulfonamides is 1. The van der Waals surface area contributed by atoms with E-state index in [9.17, 15) is 13.2 Å². The monoisotopic (exact) mass is 370 g/mol. The summed E-state index contributed by atoms with van der Waals surface area (Å²) in [7, 11) is -3.61. The predicted octanol–water partition coefficient (Wildman–Crippen LogP) is 2.87. The average Bonchev–Trinajstić information content (AvgIpc) is 3.18. The van der Waals surface area contributed by atoms with E-state index in [1.54, 1.807) is 23.1 Å². The molecule has 1 unspecified atom stereocenters. The van der Waals surface area contributed by atoms with Gasteiger partial charge >= 0.3 is 0 Å². The van der Waals surface area contributed by atoms with Gasteiger partial charge in [-0.3, -0.25) is 4.79 Å². The molecule has 0 fully saturated rings. The summed E-state index contributed by atoms with van der Waals surface area (Å²) in [4.78, 5) is 13.6. The van der Waals surface area contributed by atoms with Crippen LogP contribution >= 0.6 is 0 Å². The first-order chi connectivity index (χ1) is 12.3. The molecular weight excluding hydrogens is 348 g/mol. The number of carbonyl (C=O) groups is 1. The minimum absolute atomic E-state index is 0.0182. The summed E-state index contributed by atoms with van der Waals surface area (Å²) in [6, 6.07) is 11.0. The number of nitrogens with one attached hydrogen (secondary N) is 1. The third kappa shape index (κ3) is 2.93. The van der Waals surface area contributed by atoms with E-state index in [0.29, 0.717) is 13.0 Å². The summed E-state index contributed by atoms with van der Waals surface area (Å²) in [5.41, 5.74) is 5.22. The zero-order valence-corrected chi connectivity index (χ0v) is 15.8. The second-order valence-corrected chi connectivity index (χ2v) is 8.84. The van der Waals surface area contributed by atoms with Gasteiger partial charge in [0, 0.05) is 25.2 Å². The second-order valence-electron chi connectivity index (χ2n) is 7.13. The maximum atomic E-state index is 12.9. The lowest BCUT2D eigenvalue weighted by atomic mass is 10.1. The van der Waals surface area contributed by atoms with E-state index in [4.69, 9.17) is 0 Å². The molecule has 136 valence electrons. The quantitative estimate of drug-likeness (QED) is 0.903. The van der Waals surface area contributed by atoms with Gasteiger partial charge < -0.3 is 4.90 Å². The second kappa shape index (κ2) is 6.21. The van der Waals surface area contributed by atoms with Crippen molar-refractivity contribution in [2.24, 2.45) is 0 Å². The van der Waals surface area contributed by atoms with E-state index >= 15 is 0 Å². The molecule has 26 heavy (non-hydrogen) atoms. The number of fused-ring (bicyclic) bond motifs is 2. The van der Waals surface area contributed by atoms with Gasteiger partial charge in [0.2, 0.25) is 15.9 Å². The molecule has 1 aliphatic carbocycles. The molecule has 1 heterocycles. The highest BCUT2D eigenvalue weighted by Crippen LogP contribution is 2.34. The van der Waals surface area contributed by atoms with Gasteiger partial charge in [-0.25, -0.2) is 13.1 Å². The number of amides is 1. The van der Waals surface area contributed by atoms with Crippen molar-refractivity contribution in [2.75, 3.05) is 11.4 Å². The van der Waals surface area contributed by atoms with Crippen LogP contribution in [0, 0.1) is 6.92 Å². The van der Waals surface area contributed by atoms with Gasteiger partial charge in [0.1, 0.15) is 0 Å². The molecule has 2 aromatic rings. The molecule has 1 N–H and O–H groups in total. The Kier molecular flexibility index (Phi) is 4.12. The predicted molar refractivity (Wildman–Crippen MR) is 101 cm³/mol. The minimum atomic E-state index is -3.61. The van der Waals surface area contributed by atoms with Crippen LogP contribution in [-0.4, -0.2) is 20.9 Å². The molecular formula is C20H22N2O3S. The van der Waals surface area contributed by atoms with Gasteiger partial charge in [-0.2, -0.15) is 0 Å².